The van der Waals surface area contributed by atoms with E-state index in [1.54, 1.807) is 0 Å². The second-order valence-corrected chi connectivity index (χ2v) is 5.28. The summed E-state index contributed by atoms with van der Waals surface area (Å²) < 4.78 is 41.8. The molecule has 0 bridgehead atoms. The fourth-order valence-electron chi connectivity index (χ4n) is 2.48. The molecule has 0 unspecified atom stereocenters. The van der Waals surface area contributed by atoms with Crippen LogP contribution in [-0.4, -0.2) is 32.8 Å². The van der Waals surface area contributed by atoms with Crippen LogP contribution in [0.5, 0.6) is 5.75 Å². The summed E-state index contributed by atoms with van der Waals surface area (Å²) in [5.74, 6) is -1.58. The first kappa shape index (κ1) is 17.4. The van der Waals surface area contributed by atoms with Crippen molar-refractivity contribution in [3.8, 4) is 11.4 Å². The van der Waals surface area contributed by atoms with Crippen molar-refractivity contribution in [2.45, 2.75) is 13.3 Å². The van der Waals surface area contributed by atoms with Crippen molar-refractivity contribution >= 4 is 22.7 Å². The van der Waals surface area contributed by atoms with Crippen molar-refractivity contribution in [1.29, 1.82) is 0 Å². The first-order valence-electron chi connectivity index (χ1n) is 7.22. The molecular weight excluding hydrogens is 353 g/mol. The highest BCUT2D eigenvalue weighted by Gasteiger charge is 2.31. The third kappa shape index (κ3) is 3.21. The number of carbonyl (C=O) groups is 2. The van der Waals surface area contributed by atoms with E-state index >= 15 is 0 Å². The summed E-state index contributed by atoms with van der Waals surface area (Å²) in [6, 6.07) is 6.23. The number of benzene rings is 1. The number of nitrogens with two attached hydrogens (primary N) is 1. The Morgan fingerprint density at radius 2 is 1.81 bits per heavy atom. The summed E-state index contributed by atoms with van der Waals surface area (Å²) >= 11 is 0. The second kappa shape index (κ2) is 6.14. The SMILES string of the molecule is CC(=O)c1ccnc2c1c(C(N)=O)nn2-c1ccc(OC(F)(F)F)cc1. The standard InChI is InChI=1S/C16H11F3N4O3/c1-8(24)11-6-7-21-15-12(11)13(14(20)25)22-23(15)9-2-4-10(5-3-9)26-16(17,18)19/h2-7H,1H3,(H2,20,25). The minimum atomic E-state index is -4.81. The molecule has 0 saturated heterocycles. The molecule has 26 heavy (non-hydrogen) atoms. The molecule has 3 rings (SSSR count). The number of fused-ring (bicyclic) bond motifs is 1. The maximum atomic E-state index is 12.3. The number of carbonyl (C=O) groups excluding carboxylic acids is 2. The van der Waals surface area contributed by atoms with Gasteiger partial charge >= 0.3 is 6.36 Å². The van der Waals surface area contributed by atoms with Crippen LogP contribution in [0.4, 0.5) is 13.2 Å². The van der Waals surface area contributed by atoms with E-state index in [0.29, 0.717) is 5.69 Å². The third-order valence-corrected chi connectivity index (χ3v) is 3.50. The lowest BCUT2D eigenvalue weighted by Crippen LogP contribution is -2.17. The van der Waals surface area contributed by atoms with Crippen LogP contribution >= 0.6 is 0 Å². The molecule has 0 radical (unpaired) electrons. The van der Waals surface area contributed by atoms with Crippen molar-refractivity contribution in [2.24, 2.45) is 5.73 Å². The number of ether oxygens (including phenoxy) is 1. The van der Waals surface area contributed by atoms with Gasteiger partial charge in [-0.1, -0.05) is 0 Å². The summed E-state index contributed by atoms with van der Waals surface area (Å²) in [6.45, 7) is 1.32. The molecule has 0 fully saturated rings. The van der Waals surface area contributed by atoms with Gasteiger partial charge < -0.3 is 10.5 Å². The maximum Gasteiger partial charge on any atom is 0.573 e. The van der Waals surface area contributed by atoms with Gasteiger partial charge in [-0.3, -0.25) is 9.59 Å². The molecule has 2 aromatic heterocycles. The highest BCUT2D eigenvalue weighted by molar-refractivity contribution is 6.13. The van der Waals surface area contributed by atoms with Crippen molar-refractivity contribution < 1.29 is 27.5 Å². The Bertz CT molecular complexity index is 1010. The van der Waals surface area contributed by atoms with Gasteiger partial charge in [0.15, 0.2) is 17.1 Å². The Morgan fingerprint density at radius 1 is 1.15 bits per heavy atom. The lowest BCUT2D eigenvalue weighted by atomic mass is 10.1. The number of halogens is 3. The molecule has 2 heterocycles. The molecule has 0 aliphatic carbocycles. The van der Waals surface area contributed by atoms with Crippen LogP contribution in [0.1, 0.15) is 27.8 Å². The Morgan fingerprint density at radius 3 is 2.35 bits per heavy atom. The number of aromatic nitrogens is 3. The second-order valence-electron chi connectivity index (χ2n) is 5.28. The van der Waals surface area contributed by atoms with E-state index in [-0.39, 0.29) is 28.1 Å². The summed E-state index contributed by atoms with van der Waals surface area (Å²) in [7, 11) is 0. The molecule has 1 aromatic carbocycles. The number of ketones is 1. The van der Waals surface area contributed by atoms with Crippen LogP contribution in [0.25, 0.3) is 16.7 Å². The largest absolute Gasteiger partial charge is 0.573 e. The molecule has 10 heteroatoms. The molecule has 0 aliphatic heterocycles. The van der Waals surface area contributed by atoms with Gasteiger partial charge in [0.1, 0.15) is 5.75 Å². The zero-order valence-electron chi connectivity index (χ0n) is 13.2. The van der Waals surface area contributed by atoms with E-state index in [1.807, 2.05) is 0 Å². The van der Waals surface area contributed by atoms with Gasteiger partial charge in [-0.05, 0) is 37.3 Å². The number of hydrogen-bond acceptors (Lipinski definition) is 5. The van der Waals surface area contributed by atoms with Gasteiger partial charge in [-0.15, -0.1) is 13.2 Å². The van der Waals surface area contributed by atoms with Crippen LogP contribution in [0.2, 0.25) is 0 Å². The van der Waals surface area contributed by atoms with E-state index in [0.717, 1.165) is 12.1 Å². The number of alkyl halides is 3. The van der Waals surface area contributed by atoms with E-state index in [1.165, 1.54) is 36.0 Å². The first-order valence-corrected chi connectivity index (χ1v) is 7.22. The zero-order chi connectivity index (χ0) is 19.1. The summed E-state index contributed by atoms with van der Waals surface area (Å²) in [4.78, 5) is 27.6. The fourth-order valence-corrected chi connectivity index (χ4v) is 2.48. The van der Waals surface area contributed by atoms with Crippen LogP contribution in [0.15, 0.2) is 36.5 Å². The van der Waals surface area contributed by atoms with Gasteiger partial charge in [0, 0.05) is 11.8 Å². The molecular formula is C16H11F3N4O3. The average molecular weight is 364 g/mol. The number of nitrogens with zero attached hydrogens (tertiary/aromatic N) is 3. The van der Waals surface area contributed by atoms with Gasteiger partial charge in [0.2, 0.25) is 0 Å². The van der Waals surface area contributed by atoms with Crippen LogP contribution in [-0.2, 0) is 0 Å². The number of rotatable bonds is 4. The monoisotopic (exact) mass is 364 g/mol. The molecule has 1 amide bonds. The van der Waals surface area contributed by atoms with E-state index in [2.05, 4.69) is 14.8 Å². The predicted octanol–water partition coefficient (Wildman–Crippen LogP) is 2.62. The predicted molar refractivity (Wildman–Crippen MR) is 84.1 cm³/mol. The molecule has 0 saturated carbocycles. The van der Waals surface area contributed by atoms with Crippen LogP contribution < -0.4 is 10.5 Å². The molecule has 0 atom stereocenters. The molecule has 0 aliphatic rings. The van der Waals surface area contributed by atoms with Crippen molar-refractivity contribution in [2.75, 3.05) is 0 Å². The average Bonchev–Trinajstić information content (AvgIpc) is 2.94. The Hall–Kier alpha value is -3.43. The summed E-state index contributed by atoms with van der Waals surface area (Å²) in [5, 5.41) is 4.25. The normalized spacial score (nSPS) is 11.5. The van der Waals surface area contributed by atoms with Gasteiger partial charge in [-0.25, -0.2) is 9.67 Å². The quantitative estimate of drug-likeness (QED) is 0.718. The van der Waals surface area contributed by atoms with E-state index in [4.69, 9.17) is 5.73 Å². The maximum absolute atomic E-state index is 12.3. The van der Waals surface area contributed by atoms with Crippen molar-refractivity contribution in [3.05, 3.63) is 47.8 Å². The van der Waals surface area contributed by atoms with E-state index < -0.39 is 18.0 Å². The Labute approximate surface area is 144 Å². The number of amides is 1. The number of pyridine rings is 1. The summed E-state index contributed by atoms with van der Waals surface area (Å²) in [6.07, 6.45) is -3.44. The van der Waals surface area contributed by atoms with Crippen molar-refractivity contribution in [3.63, 3.8) is 0 Å². The van der Waals surface area contributed by atoms with Crippen molar-refractivity contribution in [1.82, 2.24) is 14.8 Å². The van der Waals surface area contributed by atoms with E-state index in [9.17, 15) is 22.8 Å². The smallest absolute Gasteiger partial charge is 0.406 e. The molecule has 2 N–H and O–H groups in total. The Balaban J connectivity index is 2.15. The third-order valence-electron chi connectivity index (χ3n) is 3.50. The zero-order valence-corrected chi connectivity index (χ0v) is 13.2. The van der Waals surface area contributed by atoms with Gasteiger partial charge in [0.25, 0.3) is 5.91 Å². The molecule has 134 valence electrons. The van der Waals surface area contributed by atoms with Crippen LogP contribution in [0.3, 0.4) is 0 Å². The minimum absolute atomic E-state index is 0.158. The van der Waals surface area contributed by atoms with Gasteiger partial charge in [-0.2, -0.15) is 5.10 Å². The lowest BCUT2D eigenvalue weighted by molar-refractivity contribution is -0.274. The molecule has 7 nitrogen and oxygen atoms in total. The Kier molecular flexibility index (Phi) is 4.10. The number of primary amides is 1. The minimum Gasteiger partial charge on any atom is -0.406 e. The van der Waals surface area contributed by atoms with Crippen LogP contribution in [0, 0.1) is 0 Å². The number of hydrogen-bond donors (Lipinski definition) is 1. The topological polar surface area (TPSA) is 100 Å². The molecule has 3 aromatic rings. The summed E-state index contributed by atoms with van der Waals surface area (Å²) in [5.41, 5.74) is 5.88. The fraction of sp³-hybridized carbons (Fsp3) is 0.125. The highest BCUT2D eigenvalue weighted by Crippen LogP contribution is 2.27. The first-order chi connectivity index (χ1) is 12.2. The number of Topliss-reactive ketones (excluding diaryl/α,β-unsaturated/α-hetero) is 1. The molecule has 0 spiro atoms. The highest BCUT2D eigenvalue weighted by atomic mass is 19.4. The lowest BCUT2D eigenvalue weighted by Gasteiger charge is -2.09. The van der Waals surface area contributed by atoms with Gasteiger partial charge in [0.05, 0.1) is 11.1 Å².